The number of carbonyl (C=O) groups excluding carboxylic acids is 2. The van der Waals surface area contributed by atoms with Crippen LogP contribution in [0.2, 0.25) is 0 Å². The molecule has 2 aliphatic rings. The van der Waals surface area contributed by atoms with Gasteiger partial charge in [0.05, 0.1) is 5.88 Å². The van der Waals surface area contributed by atoms with E-state index in [1.807, 2.05) is 0 Å². The average molecular weight is 340 g/mol. The number of nitrogens with zero attached hydrogens (tertiary/aromatic N) is 2. The molecule has 0 aromatic heterocycles. The summed E-state index contributed by atoms with van der Waals surface area (Å²) in [4.78, 5) is 27.9. The van der Waals surface area contributed by atoms with Crippen LogP contribution in [0, 0.1) is 17.6 Å². The third-order valence-corrected chi connectivity index (χ3v) is 5.37. The molecule has 3 atom stereocenters. The highest BCUT2D eigenvalue weighted by molar-refractivity contribution is 7.99. The van der Waals surface area contributed by atoms with Gasteiger partial charge in [-0.2, -0.15) is 0 Å². The van der Waals surface area contributed by atoms with E-state index in [-0.39, 0.29) is 23.7 Å². The van der Waals surface area contributed by atoms with Gasteiger partial charge < -0.3 is 9.80 Å². The van der Waals surface area contributed by atoms with Crippen molar-refractivity contribution in [2.24, 2.45) is 5.92 Å². The lowest BCUT2D eigenvalue weighted by Crippen LogP contribution is -2.47. The number of thioether (sulfide) groups is 1. The minimum absolute atomic E-state index is 0.0893. The molecular formula is C16H18F2N2O2S. The summed E-state index contributed by atoms with van der Waals surface area (Å²) in [6, 6.07) is 3.02. The van der Waals surface area contributed by atoms with E-state index in [1.54, 1.807) is 30.8 Å². The van der Waals surface area contributed by atoms with Gasteiger partial charge in [-0.15, -0.1) is 11.8 Å². The first-order chi connectivity index (χ1) is 10.9. The summed E-state index contributed by atoms with van der Waals surface area (Å²) in [7, 11) is 3.34. The fourth-order valence-corrected chi connectivity index (χ4v) is 4.14. The minimum Gasteiger partial charge on any atom is -0.347 e. The van der Waals surface area contributed by atoms with Crippen LogP contribution in [0.3, 0.4) is 0 Å². The van der Waals surface area contributed by atoms with Gasteiger partial charge in [-0.1, -0.05) is 6.07 Å². The van der Waals surface area contributed by atoms with Crippen LogP contribution in [0.15, 0.2) is 18.2 Å². The summed E-state index contributed by atoms with van der Waals surface area (Å²) in [5.74, 6) is -0.889. The molecule has 1 aliphatic heterocycles. The molecule has 1 saturated carbocycles. The molecule has 4 nitrogen and oxygen atoms in total. The van der Waals surface area contributed by atoms with Crippen molar-refractivity contribution in [3.05, 3.63) is 35.4 Å². The summed E-state index contributed by atoms with van der Waals surface area (Å²) in [6.07, 6.45) is 0.547. The number of benzene rings is 1. The summed E-state index contributed by atoms with van der Waals surface area (Å²) >= 11 is 1.55. The fourth-order valence-electron chi connectivity index (χ4n) is 2.99. The number of halogens is 2. The zero-order chi connectivity index (χ0) is 16.7. The average Bonchev–Trinajstić information content (AvgIpc) is 3.12. The van der Waals surface area contributed by atoms with E-state index in [1.165, 1.54) is 17.0 Å². The zero-order valence-corrected chi connectivity index (χ0v) is 13.8. The van der Waals surface area contributed by atoms with Crippen LogP contribution in [0.4, 0.5) is 8.78 Å². The van der Waals surface area contributed by atoms with Crippen LogP contribution >= 0.6 is 11.8 Å². The first-order valence-electron chi connectivity index (χ1n) is 7.44. The van der Waals surface area contributed by atoms with E-state index in [0.717, 1.165) is 6.07 Å². The van der Waals surface area contributed by atoms with Gasteiger partial charge in [0.25, 0.3) is 0 Å². The molecule has 0 bridgehead atoms. The SMILES string of the molecule is CN(C)C(=O)[C@@H]1CSCN1C(=O)[C@H]1C[C@@H]1c1ccc(F)cc1F. The normalized spacial score (nSPS) is 26.3. The molecule has 0 unspecified atom stereocenters. The van der Waals surface area contributed by atoms with Crippen molar-refractivity contribution < 1.29 is 18.4 Å². The second-order valence-electron chi connectivity index (χ2n) is 6.17. The van der Waals surface area contributed by atoms with Crippen molar-refractivity contribution in [2.75, 3.05) is 25.7 Å². The highest BCUT2D eigenvalue weighted by Gasteiger charge is 2.49. The van der Waals surface area contributed by atoms with Gasteiger partial charge in [0, 0.05) is 31.8 Å². The lowest BCUT2D eigenvalue weighted by atomic mass is 10.1. The lowest BCUT2D eigenvalue weighted by molar-refractivity contribution is -0.142. The summed E-state index contributed by atoms with van der Waals surface area (Å²) < 4.78 is 26.8. The molecule has 2 fully saturated rings. The predicted molar refractivity (Wildman–Crippen MR) is 83.9 cm³/mol. The maximum Gasteiger partial charge on any atom is 0.245 e. The number of rotatable bonds is 3. The number of carbonyl (C=O) groups is 2. The van der Waals surface area contributed by atoms with E-state index in [0.29, 0.717) is 23.6 Å². The minimum atomic E-state index is -0.623. The van der Waals surface area contributed by atoms with Gasteiger partial charge in [0.15, 0.2) is 0 Å². The highest BCUT2D eigenvalue weighted by Crippen LogP contribution is 2.50. The largest absolute Gasteiger partial charge is 0.347 e. The van der Waals surface area contributed by atoms with E-state index in [4.69, 9.17) is 0 Å². The van der Waals surface area contributed by atoms with Gasteiger partial charge in [0.2, 0.25) is 11.8 Å². The van der Waals surface area contributed by atoms with Gasteiger partial charge in [0.1, 0.15) is 17.7 Å². The van der Waals surface area contributed by atoms with Crippen molar-refractivity contribution >= 4 is 23.6 Å². The summed E-state index contributed by atoms with van der Waals surface area (Å²) in [5, 5.41) is 0. The summed E-state index contributed by atoms with van der Waals surface area (Å²) in [5.41, 5.74) is 0.382. The third kappa shape index (κ3) is 3.06. The Morgan fingerprint density at radius 1 is 1.30 bits per heavy atom. The van der Waals surface area contributed by atoms with Gasteiger partial charge in [-0.3, -0.25) is 9.59 Å². The molecule has 1 saturated heterocycles. The smallest absolute Gasteiger partial charge is 0.245 e. The maximum atomic E-state index is 13.8. The fraction of sp³-hybridized carbons (Fsp3) is 0.500. The first-order valence-corrected chi connectivity index (χ1v) is 8.60. The lowest BCUT2D eigenvalue weighted by Gasteiger charge is -2.25. The van der Waals surface area contributed by atoms with Crippen LogP contribution in [0.5, 0.6) is 0 Å². The van der Waals surface area contributed by atoms with Crippen molar-refractivity contribution in [2.45, 2.75) is 18.4 Å². The molecule has 7 heteroatoms. The first kappa shape index (κ1) is 16.2. The van der Waals surface area contributed by atoms with Crippen LogP contribution in [0.25, 0.3) is 0 Å². The van der Waals surface area contributed by atoms with Crippen molar-refractivity contribution in [1.82, 2.24) is 9.80 Å². The number of amides is 2. The molecule has 0 spiro atoms. The van der Waals surface area contributed by atoms with Crippen LogP contribution < -0.4 is 0 Å². The van der Waals surface area contributed by atoms with Crippen LogP contribution in [0.1, 0.15) is 17.9 Å². The van der Waals surface area contributed by atoms with Crippen molar-refractivity contribution in [1.29, 1.82) is 0 Å². The van der Waals surface area contributed by atoms with E-state index < -0.39 is 17.7 Å². The Morgan fingerprint density at radius 3 is 2.70 bits per heavy atom. The molecular weight excluding hydrogens is 322 g/mol. The number of hydrogen-bond acceptors (Lipinski definition) is 3. The number of likely N-dealkylation sites (N-methyl/N-ethyl adjacent to an activating group) is 1. The predicted octanol–water partition coefficient (Wildman–Crippen LogP) is 2.06. The zero-order valence-electron chi connectivity index (χ0n) is 13.0. The molecule has 1 heterocycles. The van der Waals surface area contributed by atoms with Crippen molar-refractivity contribution in [3.8, 4) is 0 Å². The molecule has 3 rings (SSSR count). The Labute approximate surface area is 137 Å². The standard InChI is InChI=1S/C16H18F2N2O2S/c1-19(2)16(22)14-7-23-8-20(14)15(21)12-6-11(12)10-4-3-9(17)5-13(10)18/h3-5,11-12,14H,6-8H2,1-2H3/t11-,12+,14+/m1/s1. The molecule has 1 aromatic carbocycles. The molecule has 23 heavy (non-hydrogen) atoms. The molecule has 0 radical (unpaired) electrons. The second-order valence-corrected chi connectivity index (χ2v) is 7.17. The molecule has 2 amide bonds. The molecule has 1 aliphatic carbocycles. The topological polar surface area (TPSA) is 40.6 Å². The van der Waals surface area contributed by atoms with Gasteiger partial charge in [-0.05, 0) is 24.0 Å². The van der Waals surface area contributed by atoms with E-state index in [2.05, 4.69) is 0 Å². The van der Waals surface area contributed by atoms with Gasteiger partial charge >= 0.3 is 0 Å². The van der Waals surface area contributed by atoms with E-state index in [9.17, 15) is 18.4 Å². The second kappa shape index (κ2) is 6.11. The number of hydrogen-bond donors (Lipinski definition) is 0. The van der Waals surface area contributed by atoms with Crippen molar-refractivity contribution in [3.63, 3.8) is 0 Å². The Hall–Kier alpha value is -1.63. The van der Waals surface area contributed by atoms with Gasteiger partial charge in [-0.25, -0.2) is 8.78 Å². The molecule has 1 aromatic rings. The Bertz CT molecular complexity index is 653. The Kier molecular flexibility index (Phi) is 4.31. The molecule has 0 N–H and O–H groups in total. The monoisotopic (exact) mass is 340 g/mol. The Morgan fingerprint density at radius 2 is 2.04 bits per heavy atom. The summed E-state index contributed by atoms with van der Waals surface area (Å²) in [6.45, 7) is 0. The maximum absolute atomic E-state index is 13.8. The highest BCUT2D eigenvalue weighted by atomic mass is 32.2. The van der Waals surface area contributed by atoms with Crippen LogP contribution in [-0.2, 0) is 9.59 Å². The third-order valence-electron chi connectivity index (χ3n) is 4.36. The Balaban J connectivity index is 1.71. The van der Waals surface area contributed by atoms with Crippen LogP contribution in [-0.4, -0.2) is 53.4 Å². The quantitative estimate of drug-likeness (QED) is 0.846. The molecule has 124 valence electrons. The van der Waals surface area contributed by atoms with E-state index >= 15 is 0 Å².